The molecule has 0 atom stereocenters. The highest BCUT2D eigenvalue weighted by Crippen LogP contribution is 2.50. The van der Waals surface area contributed by atoms with E-state index in [1.54, 1.807) is 0 Å². The Kier molecular flexibility index (Phi) is 4.27. The molecule has 0 saturated heterocycles. The maximum Gasteiger partial charge on any atom is -0.00201 e. The molecule has 0 nitrogen and oxygen atoms in total. The fourth-order valence-corrected chi connectivity index (χ4v) is 7.78. The van der Waals surface area contributed by atoms with Gasteiger partial charge in [0.15, 0.2) is 0 Å². The monoisotopic (exact) mass is 528 g/mol. The molecular formula is C42H24. The quantitative estimate of drug-likeness (QED) is 0.196. The molecule has 0 unspecified atom stereocenters. The molecule has 0 spiro atoms. The minimum atomic E-state index is 1.28. The summed E-state index contributed by atoms with van der Waals surface area (Å²) < 4.78 is 0. The molecule has 10 rings (SSSR count). The van der Waals surface area contributed by atoms with Crippen molar-refractivity contribution in [1.29, 1.82) is 0 Å². The standard InChI is InChI=1S/C42H24/c1-2-10-29-28(9-1)32(34-19-17-27-16-15-25-7-5-8-26-18-20-38(34)41(27)40(25)26)21-22-33(29)35-23-24-39-31-12-4-3-11-30(31)36-13-6-14-37(35)42(36)39/h1-24H. The molecule has 0 radical (unpaired) electrons. The van der Waals surface area contributed by atoms with Gasteiger partial charge in [-0.2, -0.15) is 0 Å². The van der Waals surface area contributed by atoms with Gasteiger partial charge in [0.05, 0.1) is 0 Å². The maximum absolute atomic E-state index is 2.35. The Morgan fingerprint density at radius 2 is 0.595 bits per heavy atom. The van der Waals surface area contributed by atoms with Crippen molar-refractivity contribution in [3.8, 4) is 44.5 Å². The summed E-state index contributed by atoms with van der Waals surface area (Å²) in [6, 6.07) is 54.3. The van der Waals surface area contributed by atoms with Gasteiger partial charge in [0.2, 0.25) is 0 Å². The molecule has 1 aliphatic rings. The number of hydrogen-bond acceptors (Lipinski definition) is 0. The van der Waals surface area contributed by atoms with Crippen molar-refractivity contribution in [1.82, 2.24) is 0 Å². The van der Waals surface area contributed by atoms with Crippen LogP contribution in [0.25, 0.3) is 98.4 Å². The molecule has 0 heteroatoms. The van der Waals surface area contributed by atoms with Crippen LogP contribution in [0, 0.1) is 0 Å². The number of benzene rings is 9. The Hall–Kier alpha value is -5.46. The van der Waals surface area contributed by atoms with E-state index in [9.17, 15) is 0 Å². The molecule has 0 bridgehead atoms. The molecule has 42 heavy (non-hydrogen) atoms. The van der Waals surface area contributed by atoms with Crippen LogP contribution in [-0.4, -0.2) is 0 Å². The smallest absolute Gasteiger partial charge is 0.00201 e. The van der Waals surface area contributed by atoms with Crippen LogP contribution < -0.4 is 0 Å². The van der Waals surface area contributed by atoms with Crippen LogP contribution in [0.4, 0.5) is 0 Å². The van der Waals surface area contributed by atoms with Gasteiger partial charge in [-0.15, -0.1) is 0 Å². The predicted octanol–water partition coefficient (Wildman–Crippen LogP) is 11.9. The van der Waals surface area contributed by atoms with Gasteiger partial charge in [0.1, 0.15) is 0 Å². The number of rotatable bonds is 2. The first-order valence-electron chi connectivity index (χ1n) is 14.7. The first-order chi connectivity index (χ1) is 20.8. The zero-order valence-electron chi connectivity index (χ0n) is 22.9. The van der Waals surface area contributed by atoms with Crippen molar-refractivity contribution >= 4 is 53.9 Å². The minimum Gasteiger partial charge on any atom is -0.0616 e. The minimum absolute atomic E-state index is 1.28. The first kappa shape index (κ1) is 22.3. The van der Waals surface area contributed by atoms with Crippen molar-refractivity contribution in [2.75, 3.05) is 0 Å². The largest absolute Gasteiger partial charge is 0.0616 e. The second-order valence-electron chi connectivity index (χ2n) is 11.6. The Bertz CT molecular complexity index is 2520. The van der Waals surface area contributed by atoms with Crippen LogP contribution in [0.2, 0.25) is 0 Å². The molecule has 0 saturated carbocycles. The van der Waals surface area contributed by atoms with Crippen molar-refractivity contribution in [3.05, 3.63) is 146 Å². The van der Waals surface area contributed by atoms with Crippen molar-refractivity contribution in [2.24, 2.45) is 0 Å². The molecule has 0 amide bonds. The molecule has 9 aromatic rings. The van der Waals surface area contributed by atoms with Crippen LogP contribution >= 0.6 is 0 Å². The number of fused-ring (bicyclic) bond motifs is 4. The third-order valence-electron chi connectivity index (χ3n) is 9.58. The Morgan fingerprint density at radius 1 is 0.190 bits per heavy atom. The summed E-state index contributed by atoms with van der Waals surface area (Å²) in [5, 5.41) is 13.2. The number of hydrogen-bond donors (Lipinski definition) is 0. The summed E-state index contributed by atoms with van der Waals surface area (Å²) in [5.74, 6) is 0. The average molecular weight is 529 g/mol. The lowest BCUT2D eigenvalue weighted by Gasteiger charge is -2.17. The van der Waals surface area contributed by atoms with Crippen molar-refractivity contribution in [3.63, 3.8) is 0 Å². The zero-order valence-corrected chi connectivity index (χ0v) is 22.9. The molecular weight excluding hydrogens is 504 g/mol. The molecule has 0 aliphatic heterocycles. The normalized spacial score (nSPS) is 12.3. The van der Waals surface area contributed by atoms with Gasteiger partial charge in [-0.3, -0.25) is 0 Å². The fraction of sp³-hybridized carbons (Fsp3) is 0. The average Bonchev–Trinajstić information content (AvgIpc) is 3.38. The fourth-order valence-electron chi connectivity index (χ4n) is 7.78. The van der Waals surface area contributed by atoms with Crippen LogP contribution in [-0.2, 0) is 0 Å². The second kappa shape index (κ2) is 8.06. The molecule has 192 valence electrons. The van der Waals surface area contributed by atoms with Crippen LogP contribution in [0.15, 0.2) is 146 Å². The van der Waals surface area contributed by atoms with Crippen LogP contribution in [0.3, 0.4) is 0 Å². The lowest BCUT2D eigenvalue weighted by molar-refractivity contribution is 1.67. The highest BCUT2D eigenvalue weighted by Gasteiger charge is 2.23. The third kappa shape index (κ3) is 2.81. The zero-order chi connectivity index (χ0) is 27.4. The van der Waals surface area contributed by atoms with E-state index in [1.165, 1.54) is 98.4 Å². The molecule has 1 aliphatic carbocycles. The molecule has 0 N–H and O–H groups in total. The summed E-state index contributed by atoms with van der Waals surface area (Å²) in [4.78, 5) is 0. The van der Waals surface area contributed by atoms with E-state index in [4.69, 9.17) is 0 Å². The van der Waals surface area contributed by atoms with Crippen LogP contribution in [0.5, 0.6) is 0 Å². The highest BCUT2D eigenvalue weighted by atomic mass is 14.3. The maximum atomic E-state index is 2.35. The highest BCUT2D eigenvalue weighted by molar-refractivity contribution is 6.27. The van der Waals surface area contributed by atoms with E-state index < -0.39 is 0 Å². The summed E-state index contributed by atoms with van der Waals surface area (Å²) in [7, 11) is 0. The third-order valence-corrected chi connectivity index (χ3v) is 9.58. The summed E-state index contributed by atoms with van der Waals surface area (Å²) in [5.41, 5.74) is 10.5. The molecule has 9 aromatic carbocycles. The van der Waals surface area contributed by atoms with E-state index >= 15 is 0 Å². The molecule has 0 aromatic heterocycles. The van der Waals surface area contributed by atoms with Gasteiger partial charge < -0.3 is 0 Å². The lowest BCUT2D eigenvalue weighted by Crippen LogP contribution is -1.90. The van der Waals surface area contributed by atoms with Crippen molar-refractivity contribution < 1.29 is 0 Å². The predicted molar refractivity (Wildman–Crippen MR) is 180 cm³/mol. The van der Waals surface area contributed by atoms with E-state index in [0.29, 0.717) is 0 Å². The van der Waals surface area contributed by atoms with Crippen LogP contribution in [0.1, 0.15) is 0 Å². The topological polar surface area (TPSA) is 0 Å². The molecule has 0 heterocycles. The van der Waals surface area contributed by atoms with E-state index in [2.05, 4.69) is 146 Å². The van der Waals surface area contributed by atoms with Gasteiger partial charge in [0.25, 0.3) is 0 Å². The van der Waals surface area contributed by atoms with Gasteiger partial charge in [-0.1, -0.05) is 146 Å². The van der Waals surface area contributed by atoms with Crippen molar-refractivity contribution in [2.45, 2.75) is 0 Å². The molecule has 0 fully saturated rings. The Balaban J connectivity index is 1.25. The second-order valence-corrected chi connectivity index (χ2v) is 11.6. The Morgan fingerprint density at radius 3 is 1.29 bits per heavy atom. The SMILES string of the molecule is c1ccc2c(c1)-c1cccc3c(-c4ccc(-c5ccc6ccc7cccc8ccc5c6c78)c5ccccc45)ccc-2c13. The van der Waals surface area contributed by atoms with E-state index in [0.717, 1.165) is 0 Å². The van der Waals surface area contributed by atoms with E-state index in [-0.39, 0.29) is 0 Å². The van der Waals surface area contributed by atoms with Gasteiger partial charge >= 0.3 is 0 Å². The summed E-state index contributed by atoms with van der Waals surface area (Å²) >= 11 is 0. The van der Waals surface area contributed by atoms with Gasteiger partial charge in [-0.05, 0) is 98.4 Å². The van der Waals surface area contributed by atoms with Gasteiger partial charge in [-0.25, -0.2) is 0 Å². The van der Waals surface area contributed by atoms with E-state index in [1.807, 2.05) is 0 Å². The first-order valence-corrected chi connectivity index (χ1v) is 14.7. The Labute approximate surface area is 243 Å². The van der Waals surface area contributed by atoms with Gasteiger partial charge in [0, 0.05) is 0 Å². The summed E-state index contributed by atoms with van der Waals surface area (Å²) in [6.45, 7) is 0. The lowest BCUT2D eigenvalue weighted by atomic mass is 9.86. The summed E-state index contributed by atoms with van der Waals surface area (Å²) in [6.07, 6.45) is 0.